The zero-order valence-electron chi connectivity index (χ0n) is 11.1. The molecule has 3 nitrogen and oxygen atoms in total. The molecular weight excluding hydrogens is 294 g/mol. The summed E-state index contributed by atoms with van der Waals surface area (Å²) in [5.74, 6) is 1.93. The van der Waals surface area contributed by atoms with Gasteiger partial charge in [0.25, 0.3) is 0 Å². The third kappa shape index (κ3) is 3.21. The van der Waals surface area contributed by atoms with Crippen molar-refractivity contribution in [3.05, 3.63) is 52.5 Å². The smallest absolute Gasteiger partial charge is 0.141 e. The zero-order chi connectivity index (χ0) is 14.7. The van der Waals surface area contributed by atoms with Crippen molar-refractivity contribution in [2.75, 3.05) is 7.11 Å². The summed E-state index contributed by atoms with van der Waals surface area (Å²) in [6.07, 6.45) is 0. The monoisotopic (exact) mass is 307 g/mol. The fraction of sp³-hybridized carbons (Fsp3) is 0.133. The number of thiocarbonyl (C=S) groups is 1. The van der Waals surface area contributed by atoms with Crippen LogP contribution in [-0.4, -0.2) is 12.1 Å². The summed E-state index contributed by atoms with van der Waals surface area (Å²) in [4.78, 5) is 0.272. The van der Waals surface area contributed by atoms with Crippen LogP contribution in [0.2, 0.25) is 5.02 Å². The third-order valence-corrected chi connectivity index (χ3v) is 3.27. The van der Waals surface area contributed by atoms with E-state index in [1.807, 2.05) is 13.0 Å². The summed E-state index contributed by atoms with van der Waals surface area (Å²) in [6, 6.07) is 10.7. The number of rotatable bonds is 4. The van der Waals surface area contributed by atoms with E-state index in [0.717, 1.165) is 5.56 Å². The summed E-state index contributed by atoms with van der Waals surface area (Å²) in [6.45, 7) is 1.92. The average Bonchev–Trinajstić information content (AvgIpc) is 2.41. The minimum absolute atomic E-state index is 0.272. The van der Waals surface area contributed by atoms with Crippen molar-refractivity contribution in [3.63, 3.8) is 0 Å². The number of aryl methyl sites for hydroxylation is 1. The summed E-state index contributed by atoms with van der Waals surface area (Å²) >= 11 is 11.0. The molecule has 0 fully saturated rings. The van der Waals surface area contributed by atoms with Crippen LogP contribution >= 0.6 is 23.8 Å². The highest BCUT2D eigenvalue weighted by Gasteiger charge is 2.11. The maximum atomic E-state index is 5.93. The van der Waals surface area contributed by atoms with Crippen molar-refractivity contribution in [2.45, 2.75) is 6.92 Å². The molecule has 2 aromatic carbocycles. The second kappa shape index (κ2) is 6.11. The molecule has 0 heterocycles. The van der Waals surface area contributed by atoms with Gasteiger partial charge in [-0.25, -0.2) is 0 Å². The first kappa shape index (κ1) is 14.6. The number of hydrogen-bond acceptors (Lipinski definition) is 3. The molecule has 0 spiro atoms. The number of benzene rings is 2. The molecule has 2 rings (SSSR count). The van der Waals surface area contributed by atoms with E-state index < -0.39 is 0 Å². The van der Waals surface area contributed by atoms with Gasteiger partial charge in [0.05, 0.1) is 12.7 Å². The minimum Gasteiger partial charge on any atom is -0.497 e. The Hall–Kier alpha value is -1.78. The summed E-state index contributed by atoms with van der Waals surface area (Å²) < 4.78 is 11.1. The fourth-order valence-corrected chi connectivity index (χ4v) is 2.16. The molecule has 0 unspecified atom stereocenters. The van der Waals surface area contributed by atoms with E-state index in [1.165, 1.54) is 0 Å². The van der Waals surface area contributed by atoms with Crippen molar-refractivity contribution >= 4 is 28.8 Å². The van der Waals surface area contributed by atoms with Gasteiger partial charge in [-0.2, -0.15) is 0 Å². The molecule has 5 heteroatoms. The molecule has 104 valence electrons. The Morgan fingerprint density at radius 1 is 1.15 bits per heavy atom. The molecule has 0 atom stereocenters. The van der Waals surface area contributed by atoms with E-state index in [1.54, 1.807) is 37.4 Å². The molecule has 20 heavy (non-hydrogen) atoms. The van der Waals surface area contributed by atoms with Gasteiger partial charge in [-0.1, -0.05) is 23.8 Å². The van der Waals surface area contributed by atoms with Crippen LogP contribution < -0.4 is 15.2 Å². The first-order chi connectivity index (χ1) is 9.51. The highest BCUT2D eigenvalue weighted by atomic mass is 35.5. The molecule has 0 saturated heterocycles. The van der Waals surface area contributed by atoms with Gasteiger partial charge in [0.2, 0.25) is 0 Å². The molecular formula is C15H14ClNO2S. The van der Waals surface area contributed by atoms with Gasteiger partial charge in [0, 0.05) is 11.1 Å². The van der Waals surface area contributed by atoms with Gasteiger partial charge in [-0.15, -0.1) is 0 Å². The van der Waals surface area contributed by atoms with Crippen molar-refractivity contribution in [2.24, 2.45) is 5.73 Å². The average molecular weight is 308 g/mol. The van der Waals surface area contributed by atoms with Gasteiger partial charge >= 0.3 is 0 Å². The molecule has 0 amide bonds. The van der Waals surface area contributed by atoms with Crippen LogP contribution in [-0.2, 0) is 0 Å². The summed E-state index contributed by atoms with van der Waals surface area (Å²) in [5.41, 5.74) is 7.30. The maximum Gasteiger partial charge on any atom is 0.141 e. The molecule has 2 aromatic rings. The fourth-order valence-electron chi connectivity index (χ4n) is 1.76. The van der Waals surface area contributed by atoms with Gasteiger partial charge < -0.3 is 15.2 Å². The maximum absolute atomic E-state index is 5.93. The number of halogens is 1. The highest BCUT2D eigenvalue weighted by Crippen LogP contribution is 2.32. The lowest BCUT2D eigenvalue weighted by atomic mass is 10.2. The lowest BCUT2D eigenvalue weighted by Gasteiger charge is -2.13. The van der Waals surface area contributed by atoms with Crippen molar-refractivity contribution < 1.29 is 9.47 Å². The van der Waals surface area contributed by atoms with Crippen LogP contribution in [0.4, 0.5) is 0 Å². The lowest BCUT2D eigenvalue weighted by Crippen LogP contribution is -2.11. The molecule has 0 aliphatic rings. The predicted octanol–water partition coefficient (Wildman–Crippen LogP) is 4.08. The van der Waals surface area contributed by atoms with Crippen molar-refractivity contribution in [1.29, 1.82) is 0 Å². The Kier molecular flexibility index (Phi) is 4.47. The van der Waals surface area contributed by atoms with Crippen molar-refractivity contribution in [1.82, 2.24) is 0 Å². The van der Waals surface area contributed by atoms with Crippen LogP contribution in [0.15, 0.2) is 36.4 Å². The molecule has 0 saturated carbocycles. The topological polar surface area (TPSA) is 44.5 Å². The Labute approximate surface area is 128 Å². The quantitative estimate of drug-likeness (QED) is 0.864. The van der Waals surface area contributed by atoms with E-state index in [4.69, 9.17) is 39.0 Å². The predicted molar refractivity (Wildman–Crippen MR) is 85.1 cm³/mol. The summed E-state index contributed by atoms with van der Waals surface area (Å²) in [5, 5.41) is 0.662. The van der Waals surface area contributed by atoms with Crippen LogP contribution in [0.3, 0.4) is 0 Å². The number of hydrogen-bond donors (Lipinski definition) is 1. The lowest BCUT2D eigenvalue weighted by molar-refractivity contribution is 0.408. The van der Waals surface area contributed by atoms with Gasteiger partial charge in [0.15, 0.2) is 0 Å². The molecule has 0 bridgehead atoms. The second-order valence-electron chi connectivity index (χ2n) is 4.24. The molecule has 0 aromatic heterocycles. The Bertz CT molecular complexity index is 658. The van der Waals surface area contributed by atoms with Crippen molar-refractivity contribution in [3.8, 4) is 17.2 Å². The van der Waals surface area contributed by atoms with E-state index in [0.29, 0.717) is 27.8 Å². The normalized spacial score (nSPS) is 10.2. The van der Waals surface area contributed by atoms with Crippen LogP contribution in [0, 0.1) is 6.92 Å². The highest BCUT2D eigenvalue weighted by molar-refractivity contribution is 7.80. The minimum atomic E-state index is 0.272. The number of nitrogens with two attached hydrogens (primary N) is 1. The zero-order valence-corrected chi connectivity index (χ0v) is 12.7. The Morgan fingerprint density at radius 3 is 2.50 bits per heavy atom. The van der Waals surface area contributed by atoms with E-state index >= 15 is 0 Å². The SMILES string of the molecule is COc1ccc(C(N)=S)c(Oc2ccc(Cl)cc2C)c1. The third-order valence-electron chi connectivity index (χ3n) is 2.81. The Balaban J connectivity index is 2.43. The van der Waals surface area contributed by atoms with E-state index in [2.05, 4.69) is 0 Å². The number of ether oxygens (including phenoxy) is 2. The standard InChI is InChI=1S/C15H14ClNO2S/c1-9-7-10(16)3-6-13(9)19-14-8-11(18-2)4-5-12(14)15(17)20/h3-8H,1-2H3,(H2,17,20). The first-order valence-corrected chi connectivity index (χ1v) is 6.71. The van der Waals surface area contributed by atoms with Gasteiger partial charge in [0.1, 0.15) is 22.2 Å². The molecule has 0 aliphatic heterocycles. The molecule has 0 aliphatic carbocycles. The van der Waals surface area contributed by atoms with Crippen LogP contribution in [0.25, 0.3) is 0 Å². The Morgan fingerprint density at radius 2 is 1.90 bits per heavy atom. The van der Waals surface area contributed by atoms with Gasteiger partial charge in [-0.3, -0.25) is 0 Å². The second-order valence-corrected chi connectivity index (χ2v) is 5.11. The first-order valence-electron chi connectivity index (χ1n) is 5.93. The van der Waals surface area contributed by atoms with Crippen LogP contribution in [0.1, 0.15) is 11.1 Å². The largest absolute Gasteiger partial charge is 0.497 e. The van der Waals surface area contributed by atoms with E-state index in [-0.39, 0.29) is 4.99 Å². The van der Waals surface area contributed by atoms with Gasteiger partial charge in [-0.05, 0) is 42.8 Å². The molecule has 2 N–H and O–H groups in total. The van der Waals surface area contributed by atoms with E-state index in [9.17, 15) is 0 Å². The molecule has 0 radical (unpaired) electrons. The number of methoxy groups -OCH3 is 1. The van der Waals surface area contributed by atoms with Crippen LogP contribution in [0.5, 0.6) is 17.2 Å². The summed E-state index contributed by atoms with van der Waals surface area (Å²) in [7, 11) is 1.59.